The van der Waals surface area contributed by atoms with E-state index in [1.54, 1.807) is 0 Å². The Kier molecular flexibility index (Phi) is 13.2. The molecule has 58 heavy (non-hydrogen) atoms. The number of carbonyl (C=O) groups is 4. The zero-order valence-electron chi connectivity index (χ0n) is 40.2. The summed E-state index contributed by atoms with van der Waals surface area (Å²) in [5, 5.41) is 0. The minimum atomic E-state index is -1.93. The van der Waals surface area contributed by atoms with E-state index in [0.717, 1.165) is 0 Å². The second kappa shape index (κ2) is 15.9. The Morgan fingerprint density at radius 3 is 0.569 bits per heavy atom. The number of hydrogen-bond acceptors (Lipinski definition) is 12. The summed E-state index contributed by atoms with van der Waals surface area (Å²) in [5.74, 6) is -7.74. The van der Waals surface area contributed by atoms with Gasteiger partial charge in [0.2, 0.25) is 0 Å². The van der Waals surface area contributed by atoms with Crippen LogP contribution >= 0.6 is 0 Å². The molecular formula is C46H82N4O8. The highest BCUT2D eigenvalue weighted by molar-refractivity contribution is 6.07. The van der Waals surface area contributed by atoms with Gasteiger partial charge in [0.1, 0.15) is 24.4 Å². The highest BCUT2D eigenvalue weighted by Crippen LogP contribution is 2.43. The molecule has 4 rings (SSSR count). The maximum atomic E-state index is 14.9. The van der Waals surface area contributed by atoms with E-state index in [-0.39, 0.29) is 44.3 Å². The van der Waals surface area contributed by atoms with Gasteiger partial charge in [0.25, 0.3) is 0 Å². The van der Waals surface area contributed by atoms with E-state index in [9.17, 15) is 19.2 Å². The van der Waals surface area contributed by atoms with Gasteiger partial charge in [-0.25, -0.2) is 0 Å². The van der Waals surface area contributed by atoms with Crippen LogP contribution in [0.15, 0.2) is 0 Å². The van der Waals surface area contributed by atoms with E-state index in [1.165, 1.54) is 0 Å². The molecule has 0 spiro atoms. The molecule has 4 aliphatic rings. The molecule has 12 heteroatoms. The zero-order valence-corrected chi connectivity index (χ0v) is 40.2. The maximum Gasteiger partial charge on any atom is 0.322 e. The first-order chi connectivity index (χ1) is 26.0. The summed E-state index contributed by atoms with van der Waals surface area (Å²) in [4.78, 5) is 68.5. The molecule has 0 bridgehead atoms. The quantitative estimate of drug-likeness (QED) is 0.136. The molecule has 0 aromatic carbocycles. The van der Waals surface area contributed by atoms with Crippen LogP contribution in [0.4, 0.5) is 0 Å². The van der Waals surface area contributed by atoms with Crippen molar-refractivity contribution >= 4 is 23.9 Å². The van der Waals surface area contributed by atoms with Gasteiger partial charge in [0.05, 0.1) is 0 Å². The van der Waals surface area contributed by atoms with Crippen molar-refractivity contribution in [2.24, 2.45) is 11.8 Å². The largest absolute Gasteiger partial charge is 0.462 e. The Bertz CT molecular complexity index is 1270. The number of rotatable bonds is 9. The smallest absolute Gasteiger partial charge is 0.322 e. The Labute approximate surface area is 351 Å². The van der Waals surface area contributed by atoms with Gasteiger partial charge in [-0.2, -0.15) is 0 Å². The molecule has 4 fully saturated rings. The summed E-state index contributed by atoms with van der Waals surface area (Å²) >= 11 is 0. The number of ether oxygens (including phenoxy) is 4. The van der Waals surface area contributed by atoms with Gasteiger partial charge in [-0.15, -0.1) is 0 Å². The van der Waals surface area contributed by atoms with E-state index in [0.29, 0.717) is 51.4 Å². The summed E-state index contributed by atoms with van der Waals surface area (Å²) in [7, 11) is 8.23. The summed E-state index contributed by atoms with van der Waals surface area (Å²) < 4.78 is 25.2. The molecule has 0 amide bonds. The van der Waals surface area contributed by atoms with Crippen LogP contribution in [0.5, 0.6) is 0 Å². The minimum absolute atomic E-state index is 0.341. The lowest BCUT2D eigenvalue weighted by molar-refractivity contribution is -0.195. The molecule has 0 radical (unpaired) electrons. The van der Waals surface area contributed by atoms with Crippen molar-refractivity contribution in [3.8, 4) is 0 Å². The van der Waals surface area contributed by atoms with Crippen LogP contribution in [-0.4, -0.2) is 140 Å². The lowest BCUT2D eigenvalue weighted by Crippen LogP contribution is -2.62. The van der Waals surface area contributed by atoms with E-state index < -0.39 is 60.1 Å². The molecule has 0 atom stereocenters. The SMILES string of the molecule is CN1C(C)(C)CC(OC(=O)C(C(=O)OC2CC(C)(C)N(C)C(C)(C)C2)C(C(=O)OC2CC(C)(C)N(C)C(C)(C)C2)C(=O)OC2CC(C)(C)N(C)C(C)(C)C2)CC1(C)C. The Balaban J connectivity index is 1.79. The lowest BCUT2D eigenvalue weighted by atomic mass is 9.78. The molecule has 0 aromatic rings. The van der Waals surface area contributed by atoms with Crippen LogP contribution in [0.1, 0.15) is 162 Å². The summed E-state index contributed by atoms with van der Waals surface area (Å²) in [5.41, 5.74) is -2.72. The summed E-state index contributed by atoms with van der Waals surface area (Å²) in [6.07, 6.45) is 1.66. The first-order valence-corrected chi connectivity index (χ1v) is 21.7. The fraction of sp³-hybridized carbons (Fsp3) is 0.913. The van der Waals surface area contributed by atoms with Crippen LogP contribution in [-0.2, 0) is 38.1 Å². The van der Waals surface area contributed by atoms with Crippen molar-refractivity contribution in [3.05, 3.63) is 0 Å². The topological polar surface area (TPSA) is 118 Å². The van der Waals surface area contributed by atoms with Crippen LogP contribution < -0.4 is 0 Å². The Morgan fingerprint density at radius 1 is 0.328 bits per heavy atom. The molecule has 4 aliphatic heterocycles. The maximum absolute atomic E-state index is 14.9. The van der Waals surface area contributed by atoms with Crippen molar-refractivity contribution in [2.75, 3.05) is 28.2 Å². The number of piperidine rings is 4. The standard InChI is InChI=1S/C46H82N4O8/c1-39(2)21-29(22-40(3,4)47(39)17)55-35(51)33(36(52)56-30-23-41(5,6)48(18)42(7,8)24-30)34(37(53)57-31-25-43(9,10)49(19)44(11,12)26-31)38(54)58-32-27-45(13,14)50(20)46(15,16)28-32/h29-34H,21-28H2,1-20H3. The average molecular weight is 819 g/mol. The van der Waals surface area contributed by atoms with Crippen molar-refractivity contribution in [2.45, 2.75) is 231 Å². The number of hydrogen-bond donors (Lipinski definition) is 0. The molecule has 0 N–H and O–H groups in total. The van der Waals surface area contributed by atoms with E-state index in [4.69, 9.17) is 18.9 Å². The molecule has 334 valence electrons. The van der Waals surface area contributed by atoms with E-state index >= 15 is 0 Å². The second-order valence-electron chi connectivity index (χ2n) is 23.6. The molecule has 0 saturated carbocycles. The van der Waals surface area contributed by atoms with Crippen molar-refractivity contribution < 1.29 is 38.1 Å². The summed E-state index contributed by atoms with van der Waals surface area (Å²) in [6, 6.07) is 0. The predicted octanol–water partition coefficient (Wildman–Crippen LogP) is 7.00. The van der Waals surface area contributed by atoms with Gasteiger partial charge in [-0.05, 0) is 139 Å². The van der Waals surface area contributed by atoms with Gasteiger partial charge < -0.3 is 18.9 Å². The molecule has 0 unspecified atom stereocenters. The third kappa shape index (κ3) is 10.1. The van der Waals surface area contributed by atoms with Crippen molar-refractivity contribution in [3.63, 3.8) is 0 Å². The first kappa shape index (κ1) is 48.4. The van der Waals surface area contributed by atoms with Gasteiger partial charge in [-0.3, -0.25) is 38.8 Å². The highest BCUT2D eigenvalue weighted by atomic mass is 16.6. The van der Waals surface area contributed by atoms with Crippen LogP contribution in [0.3, 0.4) is 0 Å². The number of likely N-dealkylation sites (tertiary alicyclic amines) is 4. The highest BCUT2D eigenvalue weighted by Gasteiger charge is 2.55. The van der Waals surface area contributed by atoms with Crippen LogP contribution in [0, 0.1) is 11.8 Å². The molecule has 12 nitrogen and oxygen atoms in total. The monoisotopic (exact) mass is 819 g/mol. The molecule has 0 aliphatic carbocycles. The number of carbonyl (C=O) groups excluding carboxylic acids is 4. The van der Waals surface area contributed by atoms with Gasteiger partial charge in [0.15, 0.2) is 11.8 Å². The van der Waals surface area contributed by atoms with Gasteiger partial charge >= 0.3 is 23.9 Å². The van der Waals surface area contributed by atoms with Gasteiger partial charge in [0, 0.05) is 95.7 Å². The second-order valence-corrected chi connectivity index (χ2v) is 23.6. The van der Waals surface area contributed by atoms with E-state index in [2.05, 4.69) is 159 Å². The molecule has 4 saturated heterocycles. The van der Waals surface area contributed by atoms with E-state index in [1.807, 2.05) is 0 Å². The zero-order chi connectivity index (χ0) is 44.6. The third-order valence-corrected chi connectivity index (χ3v) is 15.6. The molecule has 4 heterocycles. The average Bonchev–Trinajstić information content (AvgIpc) is 3.01. The minimum Gasteiger partial charge on any atom is -0.462 e. The Hall–Kier alpha value is -2.28. The van der Waals surface area contributed by atoms with Crippen LogP contribution in [0.25, 0.3) is 0 Å². The Morgan fingerprint density at radius 2 is 0.448 bits per heavy atom. The fourth-order valence-corrected chi connectivity index (χ4v) is 11.1. The van der Waals surface area contributed by atoms with Crippen LogP contribution in [0.2, 0.25) is 0 Å². The number of nitrogens with zero attached hydrogens (tertiary/aromatic N) is 4. The third-order valence-electron chi connectivity index (χ3n) is 15.6. The first-order valence-electron chi connectivity index (χ1n) is 21.7. The predicted molar refractivity (Wildman–Crippen MR) is 227 cm³/mol. The fourth-order valence-electron chi connectivity index (χ4n) is 11.1. The van der Waals surface area contributed by atoms with Gasteiger partial charge in [-0.1, -0.05) is 0 Å². The molecule has 0 aromatic heterocycles. The number of esters is 4. The van der Waals surface area contributed by atoms with Crippen molar-refractivity contribution in [1.29, 1.82) is 0 Å². The normalized spacial score (nSPS) is 27.9. The molecular weight excluding hydrogens is 737 g/mol. The lowest BCUT2D eigenvalue weighted by Gasteiger charge is -2.53. The summed E-state index contributed by atoms with van der Waals surface area (Å²) in [6.45, 7) is 33.5. The van der Waals surface area contributed by atoms with Crippen molar-refractivity contribution in [1.82, 2.24) is 19.6 Å².